The van der Waals surface area contributed by atoms with Crippen LogP contribution in [0.3, 0.4) is 0 Å². The van der Waals surface area contributed by atoms with Crippen LogP contribution < -0.4 is 10.6 Å². The molecule has 2 N–H and O–H groups in total. The van der Waals surface area contributed by atoms with Crippen LogP contribution in [0.25, 0.3) is 0 Å². The Bertz CT molecular complexity index is 367. The first-order valence-electron chi connectivity index (χ1n) is 5.73. The van der Waals surface area contributed by atoms with Gasteiger partial charge in [0.1, 0.15) is 0 Å². The first-order chi connectivity index (χ1) is 7.84. The highest BCUT2D eigenvalue weighted by atomic mass is 32.2. The largest absolute Gasteiger partial charge is 0.355 e. The molecule has 0 aromatic heterocycles. The molecule has 1 amide bonds. The molecule has 1 aliphatic heterocycles. The smallest absolute Gasteiger partial charge is 0.224 e. The molecule has 17 heavy (non-hydrogen) atoms. The van der Waals surface area contributed by atoms with Gasteiger partial charge >= 0.3 is 0 Å². The van der Waals surface area contributed by atoms with Crippen molar-refractivity contribution in [3.8, 4) is 0 Å². The second kappa shape index (κ2) is 5.79. The minimum absolute atomic E-state index is 0.0444. The normalized spacial score (nSPS) is 25.2. The van der Waals surface area contributed by atoms with Crippen molar-refractivity contribution in [1.29, 1.82) is 0 Å². The summed E-state index contributed by atoms with van der Waals surface area (Å²) < 4.78 is 24.1. The third kappa shape index (κ3) is 3.93. The second-order valence-electron chi connectivity index (χ2n) is 4.63. The number of sulfonamides is 1. The average Bonchev–Trinajstić information content (AvgIpc) is 2.63. The molecule has 0 aromatic rings. The first kappa shape index (κ1) is 14.4. The Balaban J connectivity index is 2.34. The molecule has 2 atom stereocenters. The summed E-state index contributed by atoms with van der Waals surface area (Å²) in [5.74, 6) is 0.147. The van der Waals surface area contributed by atoms with E-state index in [4.69, 9.17) is 0 Å². The van der Waals surface area contributed by atoms with Crippen LogP contribution >= 0.6 is 0 Å². The Morgan fingerprint density at radius 2 is 2.06 bits per heavy atom. The number of nitrogens with one attached hydrogen (secondary N) is 2. The summed E-state index contributed by atoms with van der Waals surface area (Å²) in [5, 5.41) is 5.82. The highest BCUT2D eigenvalue weighted by molar-refractivity contribution is 7.89. The van der Waals surface area contributed by atoms with E-state index in [0.29, 0.717) is 12.5 Å². The third-order valence-electron chi connectivity index (χ3n) is 3.07. The fourth-order valence-electron chi connectivity index (χ4n) is 1.78. The number of amides is 1. The van der Waals surface area contributed by atoms with E-state index in [0.717, 1.165) is 6.54 Å². The van der Waals surface area contributed by atoms with Crippen LogP contribution in [0, 0.1) is 11.8 Å². The topological polar surface area (TPSA) is 78.5 Å². The molecule has 0 radical (unpaired) electrons. The number of rotatable bonds is 5. The standard InChI is InChI=1S/C10H21N3O3S/c1-8-6-11-7-9(8)10(14)12-4-5-17(15,16)13(2)3/h8-9,11H,4-7H2,1-3H3,(H,12,14)/t8-,9-/m1/s1. The summed E-state index contributed by atoms with van der Waals surface area (Å²) >= 11 is 0. The van der Waals surface area contributed by atoms with E-state index >= 15 is 0 Å². The summed E-state index contributed by atoms with van der Waals surface area (Å²) in [6, 6.07) is 0. The molecule has 0 spiro atoms. The molecule has 0 saturated carbocycles. The number of carbonyl (C=O) groups excluding carboxylic acids is 1. The van der Waals surface area contributed by atoms with Gasteiger partial charge in [-0.15, -0.1) is 0 Å². The van der Waals surface area contributed by atoms with Crippen LogP contribution in [0.15, 0.2) is 0 Å². The van der Waals surface area contributed by atoms with Crippen LogP contribution in [0.4, 0.5) is 0 Å². The van der Waals surface area contributed by atoms with E-state index in [9.17, 15) is 13.2 Å². The van der Waals surface area contributed by atoms with Crippen molar-refractivity contribution in [2.45, 2.75) is 6.92 Å². The van der Waals surface area contributed by atoms with Gasteiger partial charge in [-0.3, -0.25) is 4.79 Å². The SMILES string of the molecule is C[C@@H]1CNC[C@H]1C(=O)NCCS(=O)(=O)N(C)C. The summed E-state index contributed by atoms with van der Waals surface area (Å²) in [4.78, 5) is 11.8. The van der Waals surface area contributed by atoms with Gasteiger partial charge in [0.2, 0.25) is 15.9 Å². The lowest BCUT2D eigenvalue weighted by atomic mass is 9.97. The van der Waals surface area contributed by atoms with Gasteiger partial charge in [-0.25, -0.2) is 12.7 Å². The van der Waals surface area contributed by atoms with Crippen molar-refractivity contribution in [3.63, 3.8) is 0 Å². The van der Waals surface area contributed by atoms with Gasteiger partial charge in [-0.1, -0.05) is 6.92 Å². The fourth-order valence-corrected chi connectivity index (χ4v) is 2.50. The van der Waals surface area contributed by atoms with Gasteiger partial charge in [-0.2, -0.15) is 0 Å². The van der Waals surface area contributed by atoms with Gasteiger partial charge in [0.25, 0.3) is 0 Å². The summed E-state index contributed by atoms with van der Waals surface area (Å²) in [5.41, 5.74) is 0. The highest BCUT2D eigenvalue weighted by Gasteiger charge is 2.29. The summed E-state index contributed by atoms with van der Waals surface area (Å²) in [7, 11) is -0.255. The lowest BCUT2D eigenvalue weighted by Gasteiger charge is -2.15. The molecule has 1 fully saturated rings. The first-order valence-corrected chi connectivity index (χ1v) is 7.34. The molecule has 1 saturated heterocycles. The van der Waals surface area contributed by atoms with Gasteiger partial charge < -0.3 is 10.6 Å². The van der Waals surface area contributed by atoms with E-state index < -0.39 is 10.0 Å². The quantitative estimate of drug-likeness (QED) is 0.656. The molecule has 6 nitrogen and oxygen atoms in total. The lowest BCUT2D eigenvalue weighted by Crippen LogP contribution is -2.38. The molecule has 0 unspecified atom stereocenters. The van der Waals surface area contributed by atoms with E-state index in [1.54, 1.807) is 0 Å². The number of nitrogens with zero attached hydrogens (tertiary/aromatic N) is 1. The zero-order valence-corrected chi connectivity index (χ0v) is 11.4. The van der Waals surface area contributed by atoms with Gasteiger partial charge in [0.15, 0.2) is 0 Å². The van der Waals surface area contributed by atoms with Crippen LogP contribution in [-0.4, -0.2) is 58.1 Å². The summed E-state index contributed by atoms with van der Waals surface area (Å²) in [6.45, 7) is 3.70. The molecule has 1 rings (SSSR count). The zero-order valence-electron chi connectivity index (χ0n) is 10.6. The monoisotopic (exact) mass is 263 g/mol. The average molecular weight is 263 g/mol. The molecular weight excluding hydrogens is 242 g/mol. The lowest BCUT2D eigenvalue weighted by molar-refractivity contribution is -0.125. The zero-order chi connectivity index (χ0) is 13.1. The van der Waals surface area contributed by atoms with Crippen molar-refractivity contribution in [1.82, 2.24) is 14.9 Å². The van der Waals surface area contributed by atoms with Crippen molar-refractivity contribution in [2.75, 3.05) is 39.5 Å². The molecule has 1 heterocycles. The van der Waals surface area contributed by atoms with E-state index in [2.05, 4.69) is 10.6 Å². The maximum Gasteiger partial charge on any atom is 0.224 e. The summed E-state index contributed by atoms with van der Waals surface area (Å²) in [6.07, 6.45) is 0. The molecule has 0 bridgehead atoms. The Morgan fingerprint density at radius 3 is 2.53 bits per heavy atom. The minimum Gasteiger partial charge on any atom is -0.355 e. The predicted octanol–water partition coefficient (Wildman–Crippen LogP) is -1.15. The van der Waals surface area contributed by atoms with Crippen LogP contribution in [0.5, 0.6) is 0 Å². The molecule has 0 aliphatic carbocycles. The van der Waals surface area contributed by atoms with Crippen LogP contribution in [0.1, 0.15) is 6.92 Å². The van der Waals surface area contributed by atoms with Crippen molar-refractivity contribution in [2.24, 2.45) is 11.8 Å². The molecule has 100 valence electrons. The molecular formula is C10H21N3O3S. The Morgan fingerprint density at radius 1 is 1.41 bits per heavy atom. The maximum atomic E-state index is 11.8. The van der Waals surface area contributed by atoms with E-state index in [-0.39, 0.29) is 24.1 Å². The van der Waals surface area contributed by atoms with Crippen LogP contribution in [0.2, 0.25) is 0 Å². The number of carbonyl (C=O) groups is 1. The number of hydrogen-bond donors (Lipinski definition) is 2. The molecule has 1 aliphatic rings. The van der Waals surface area contributed by atoms with Crippen molar-refractivity contribution in [3.05, 3.63) is 0 Å². The molecule has 7 heteroatoms. The van der Waals surface area contributed by atoms with Gasteiger partial charge in [0, 0.05) is 27.2 Å². The third-order valence-corrected chi connectivity index (χ3v) is 4.90. The maximum absolute atomic E-state index is 11.8. The van der Waals surface area contributed by atoms with Crippen molar-refractivity contribution >= 4 is 15.9 Å². The fraction of sp³-hybridized carbons (Fsp3) is 0.900. The highest BCUT2D eigenvalue weighted by Crippen LogP contribution is 2.15. The van der Waals surface area contributed by atoms with Gasteiger partial charge in [-0.05, 0) is 12.5 Å². The second-order valence-corrected chi connectivity index (χ2v) is 6.93. The Kier molecular flexibility index (Phi) is 4.91. The number of hydrogen-bond acceptors (Lipinski definition) is 4. The Labute approximate surface area is 103 Å². The predicted molar refractivity (Wildman–Crippen MR) is 66.0 cm³/mol. The van der Waals surface area contributed by atoms with E-state index in [1.165, 1.54) is 18.4 Å². The van der Waals surface area contributed by atoms with Gasteiger partial charge in [0.05, 0.1) is 11.7 Å². The van der Waals surface area contributed by atoms with E-state index in [1.807, 2.05) is 6.92 Å². The Hall–Kier alpha value is -0.660. The van der Waals surface area contributed by atoms with Crippen LogP contribution in [-0.2, 0) is 14.8 Å². The van der Waals surface area contributed by atoms with Crippen molar-refractivity contribution < 1.29 is 13.2 Å². The minimum atomic E-state index is -3.23. The molecule has 0 aromatic carbocycles.